The first-order valence-electron chi connectivity index (χ1n) is 5.70. The van der Waals surface area contributed by atoms with Crippen molar-refractivity contribution in [2.24, 2.45) is 12.5 Å². The summed E-state index contributed by atoms with van der Waals surface area (Å²) in [5.74, 6) is 0.203. The SMILES string of the molecule is Cc1cc(SCCCC(C)(C)C(=O)O)n(C)n1. The third kappa shape index (κ3) is 4.07. The maximum absolute atomic E-state index is 10.9. The molecule has 0 fully saturated rings. The number of hydrogen-bond acceptors (Lipinski definition) is 3. The predicted octanol–water partition coefficient (Wildman–Crippen LogP) is 2.71. The molecule has 0 aromatic carbocycles. The van der Waals surface area contributed by atoms with E-state index >= 15 is 0 Å². The van der Waals surface area contributed by atoms with Gasteiger partial charge in [0.2, 0.25) is 0 Å². The Kier molecular flexibility index (Phi) is 4.62. The lowest BCUT2D eigenvalue weighted by Crippen LogP contribution is -2.23. The van der Waals surface area contributed by atoms with E-state index in [4.69, 9.17) is 5.11 Å². The Morgan fingerprint density at radius 1 is 1.59 bits per heavy atom. The molecule has 5 heteroatoms. The third-order valence-electron chi connectivity index (χ3n) is 2.73. The summed E-state index contributed by atoms with van der Waals surface area (Å²) < 4.78 is 1.86. The van der Waals surface area contributed by atoms with Crippen LogP contribution in [0.5, 0.6) is 0 Å². The minimum Gasteiger partial charge on any atom is -0.481 e. The molecule has 1 N–H and O–H groups in total. The number of hydrogen-bond donors (Lipinski definition) is 1. The van der Waals surface area contributed by atoms with Gasteiger partial charge in [0.1, 0.15) is 0 Å². The molecule has 0 bridgehead atoms. The Hall–Kier alpha value is -0.970. The number of rotatable bonds is 6. The molecule has 0 unspecified atom stereocenters. The second-order valence-electron chi connectivity index (χ2n) is 4.89. The summed E-state index contributed by atoms with van der Waals surface area (Å²) in [6.45, 7) is 5.51. The molecular formula is C12H20N2O2S. The number of carboxylic acid groups (broad SMARTS) is 1. The highest BCUT2D eigenvalue weighted by atomic mass is 32.2. The molecule has 0 saturated heterocycles. The molecule has 0 aliphatic rings. The standard InChI is InChI=1S/C12H20N2O2S/c1-9-8-10(14(4)13-9)17-7-5-6-12(2,3)11(15)16/h8H,5-7H2,1-4H3,(H,15,16). The number of aliphatic carboxylic acids is 1. The lowest BCUT2D eigenvalue weighted by atomic mass is 9.88. The van der Waals surface area contributed by atoms with E-state index in [-0.39, 0.29) is 0 Å². The van der Waals surface area contributed by atoms with Gasteiger partial charge in [0, 0.05) is 7.05 Å². The summed E-state index contributed by atoms with van der Waals surface area (Å²) in [7, 11) is 1.93. The van der Waals surface area contributed by atoms with Crippen LogP contribution in [0.3, 0.4) is 0 Å². The molecule has 0 spiro atoms. The fourth-order valence-electron chi connectivity index (χ4n) is 1.52. The molecule has 1 heterocycles. The van der Waals surface area contributed by atoms with Gasteiger partial charge >= 0.3 is 5.97 Å². The summed E-state index contributed by atoms with van der Waals surface area (Å²) in [6, 6.07) is 2.05. The zero-order valence-corrected chi connectivity index (χ0v) is 11.7. The van der Waals surface area contributed by atoms with Crippen LogP contribution < -0.4 is 0 Å². The molecule has 0 amide bonds. The molecule has 1 aromatic heterocycles. The quantitative estimate of drug-likeness (QED) is 0.628. The number of nitrogens with zero attached hydrogens (tertiary/aromatic N) is 2. The van der Waals surface area contributed by atoms with Gasteiger partial charge in [-0.1, -0.05) is 0 Å². The molecule has 0 radical (unpaired) electrons. The zero-order valence-electron chi connectivity index (χ0n) is 10.9. The van der Waals surface area contributed by atoms with Gasteiger partial charge in [0.05, 0.1) is 16.1 Å². The van der Waals surface area contributed by atoms with E-state index in [1.807, 2.05) is 24.7 Å². The van der Waals surface area contributed by atoms with E-state index in [9.17, 15) is 4.79 Å². The van der Waals surface area contributed by atoms with Crippen LogP contribution in [0.4, 0.5) is 0 Å². The predicted molar refractivity (Wildman–Crippen MR) is 69.3 cm³/mol. The van der Waals surface area contributed by atoms with Crippen LogP contribution in [-0.2, 0) is 11.8 Å². The van der Waals surface area contributed by atoms with Gasteiger partial charge in [0.15, 0.2) is 0 Å². The first kappa shape index (κ1) is 14.1. The maximum Gasteiger partial charge on any atom is 0.309 e. The number of carboxylic acids is 1. The van der Waals surface area contributed by atoms with Crippen molar-refractivity contribution in [3.05, 3.63) is 11.8 Å². The van der Waals surface area contributed by atoms with Gasteiger partial charge < -0.3 is 5.11 Å². The molecule has 96 valence electrons. The highest BCUT2D eigenvalue weighted by molar-refractivity contribution is 7.99. The normalized spacial score (nSPS) is 11.8. The van der Waals surface area contributed by atoms with Crippen molar-refractivity contribution in [3.63, 3.8) is 0 Å². The van der Waals surface area contributed by atoms with Crippen LogP contribution in [0.1, 0.15) is 32.4 Å². The lowest BCUT2D eigenvalue weighted by molar-refractivity contribution is -0.147. The molecule has 0 saturated carbocycles. The lowest BCUT2D eigenvalue weighted by Gasteiger charge is -2.18. The van der Waals surface area contributed by atoms with Crippen LogP contribution in [0.25, 0.3) is 0 Å². The number of carbonyl (C=O) groups is 1. The molecule has 0 aliphatic carbocycles. The smallest absolute Gasteiger partial charge is 0.309 e. The van der Waals surface area contributed by atoms with E-state index in [1.54, 1.807) is 25.6 Å². The van der Waals surface area contributed by atoms with Crippen LogP contribution in [0.2, 0.25) is 0 Å². The third-order valence-corrected chi connectivity index (χ3v) is 3.90. The molecule has 0 aliphatic heterocycles. The van der Waals surface area contributed by atoms with Gasteiger partial charge in [-0.25, -0.2) is 0 Å². The van der Waals surface area contributed by atoms with E-state index in [1.165, 1.54) is 0 Å². The average molecular weight is 256 g/mol. The first-order valence-corrected chi connectivity index (χ1v) is 6.68. The van der Waals surface area contributed by atoms with Crippen molar-refractivity contribution < 1.29 is 9.90 Å². The Morgan fingerprint density at radius 3 is 2.71 bits per heavy atom. The maximum atomic E-state index is 10.9. The van der Waals surface area contributed by atoms with Gasteiger partial charge in [-0.3, -0.25) is 9.48 Å². The number of thioether (sulfide) groups is 1. The van der Waals surface area contributed by atoms with Crippen LogP contribution >= 0.6 is 11.8 Å². The minimum absolute atomic E-state index is 0.622. The second-order valence-corrected chi connectivity index (χ2v) is 6.00. The fourth-order valence-corrected chi connectivity index (χ4v) is 2.50. The van der Waals surface area contributed by atoms with E-state index < -0.39 is 11.4 Å². The van der Waals surface area contributed by atoms with E-state index in [2.05, 4.69) is 5.10 Å². The van der Waals surface area contributed by atoms with Gasteiger partial charge in [-0.15, -0.1) is 11.8 Å². The molecular weight excluding hydrogens is 236 g/mol. The van der Waals surface area contributed by atoms with Crippen molar-refractivity contribution in [2.45, 2.75) is 38.6 Å². The fraction of sp³-hybridized carbons (Fsp3) is 0.667. The van der Waals surface area contributed by atoms with E-state index in [0.717, 1.165) is 22.9 Å². The second kappa shape index (κ2) is 5.58. The summed E-state index contributed by atoms with van der Waals surface area (Å²) in [5, 5.41) is 14.4. The topological polar surface area (TPSA) is 55.1 Å². The Bertz CT molecular complexity index is 399. The van der Waals surface area contributed by atoms with Crippen molar-refractivity contribution in [1.82, 2.24) is 9.78 Å². The van der Waals surface area contributed by atoms with Gasteiger partial charge in [-0.05, 0) is 45.4 Å². The number of aryl methyl sites for hydroxylation is 2. The molecule has 17 heavy (non-hydrogen) atoms. The Morgan fingerprint density at radius 2 is 2.24 bits per heavy atom. The Labute approximate surface area is 106 Å². The van der Waals surface area contributed by atoms with Crippen molar-refractivity contribution >= 4 is 17.7 Å². The van der Waals surface area contributed by atoms with Gasteiger partial charge in [0.25, 0.3) is 0 Å². The Balaban J connectivity index is 2.34. The van der Waals surface area contributed by atoms with Crippen molar-refractivity contribution in [2.75, 3.05) is 5.75 Å². The first-order chi connectivity index (χ1) is 7.83. The number of aromatic nitrogens is 2. The van der Waals surface area contributed by atoms with Crippen LogP contribution in [0.15, 0.2) is 11.1 Å². The zero-order chi connectivity index (χ0) is 13.1. The van der Waals surface area contributed by atoms with Crippen LogP contribution in [-0.4, -0.2) is 26.6 Å². The van der Waals surface area contributed by atoms with Crippen molar-refractivity contribution in [1.29, 1.82) is 0 Å². The largest absolute Gasteiger partial charge is 0.481 e. The summed E-state index contributed by atoms with van der Waals surface area (Å²) >= 11 is 1.73. The summed E-state index contributed by atoms with van der Waals surface area (Å²) in [5.41, 5.74) is 0.393. The highest BCUT2D eigenvalue weighted by Crippen LogP contribution is 2.26. The average Bonchev–Trinajstić information content (AvgIpc) is 2.52. The molecule has 1 rings (SSSR count). The molecule has 4 nitrogen and oxygen atoms in total. The van der Waals surface area contributed by atoms with Gasteiger partial charge in [-0.2, -0.15) is 5.10 Å². The molecule has 0 atom stereocenters. The van der Waals surface area contributed by atoms with E-state index in [0.29, 0.717) is 6.42 Å². The monoisotopic (exact) mass is 256 g/mol. The minimum atomic E-state index is -0.723. The molecule has 1 aromatic rings. The van der Waals surface area contributed by atoms with Crippen LogP contribution in [0, 0.1) is 12.3 Å². The highest BCUT2D eigenvalue weighted by Gasteiger charge is 2.26. The summed E-state index contributed by atoms with van der Waals surface area (Å²) in [6.07, 6.45) is 1.60. The summed E-state index contributed by atoms with van der Waals surface area (Å²) in [4.78, 5) is 10.9. The van der Waals surface area contributed by atoms with Crippen molar-refractivity contribution in [3.8, 4) is 0 Å².